The highest BCUT2D eigenvalue weighted by Crippen LogP contribution is 2.49. The molecule has 1 aromatic carbocycles. The Bertz CT molecular complexity index is 1380. The lowest BCUT2D eigenvalue weighted by Gasteiger charge is -2.56. The van der Waals surface area contributed by atoms with E-state index in [0.717, 1.165) is 41.6 Å². The lowest BCUT2D eigenvalue weighted by molar-refractivity contribution is -0.136. The van der Waals surface area contributed by atoms with Gasteiger partial charge in [0.1, 0.15) is 12.3 Å². The summed E-state index contributed by atoms with van der Waals surface area (Å²) in [5, 5.41) is 13.7. The van der Waals surface area contributed by atoms with Crippen LogP contribution in [0.15, 0.2) is 34.2 Å². The van der Waals surface area contributed by atoms with Gasteiger partial charge in [-0.2, -0.15) is 0 Å². The lowest BCUT2D eigenvalue weighted by atomic mass is 9.64. The van der Waals surface area contributed by atoms with Crippen LogP contribution in [0.4, 0.5) is 0 Å². The molecule has 1 N–H and O–H groups in total. The molecule has 44 heavy (non-hydrogen) atoms. The van der Waals surface area contributed by atoms with Crippen LogP contribution in [-0.2, 0) is 9.63 Å². The van der Waals surface area contributed by atoms with Crippen molar-refractivity contribution in [2.24, 2.45) is 22.9 Å². The van der Waals surface area contributed by atoms with E-state index in [0.29, 0.717) is 37.0 Å². The summed E-state index contributed by atoms with van der Waals surface area (Å²) in [6.45, 7) is 3.37. The van der Waals surface area contributed by atoms with Crippen LogP contribution < -0.4 is 5.56 Å². The van der Waals surface area contributed by atoms with E-state index < -0.39 is 5.97 Å². The van der Waals surface area contributed by atoms with E-state index in [2.05, 4.69) is 17.0 Å². The number of nitrogens with zero attached hydrogens (tertiary/aromatic N) is 5. The Labute approximate surface area is 261 Å². The largest absolute Gasteiger partial charge is 0.481 e. The minimum absolute atomic E-state index is 0.0728. The van der Waals surface area contributed by atoms with Crippen LogP contribution >= 0.6 is 0 Å². The summed E-state index contributed by atoms with van der Waals surface area (Å²) >= 11 is 0. The fourth-order valence-corrected chi connectivity index (χ4v) is 9.21. The third-order valence-corrected chi connectivity index (χ3v) is 11.0. The molecule has 0 radical (unpaired) electrons. The third-order valence-electron chi connectivity index (χ3n) is 11.0. The molecule has 0 spiro atoms. The number of carbonyl (C=O) groups is 1. The van der Waals surface area contributed by atoms with Gasteiger partial charge in [0, 0.05) is 37.1 Å². The van der Waals surface area contributed by atoms with Crippen molar-refractivity contribution in [3.8, 4) is 0 Å². The van der Waals surface area contributed by atoms with E-state index in [1.165, 1.54) is 57.8 Å². The first kappa shape index (κ1) is 31.2. The number of rotatable bonds is 11. The Morgan fingerprint density at radius 3 is 2.34 bits per heavy atom. The van der Waals surface area contributed by atoms with Crippen LogP contribution in [0.25, 0.3) is 11.0 Å². The van der Waals surface area contributed by atoms with Gasteiger partial charge in [-0.3, -0.25) is 14.5 Å². The summed E-state index contributed by atoms with van der Waals surface area (Å²) < 4.78 is 1.98. The summed E-state index contributed by atoms with van der Waals surface area (Å²) in [5.41, 5.74) is 1.93. The highest BCUT2D eigenvalue weighted by Gasteiger charge is 2.46. The number of piperidine rings is 2. The predicted molar refractivity (Wildman–Crippen MR) is 173 cm³/mol. The van der Waals surface area contributed by atoms with E-state index >= 15 is 0 Å². The summed E-state index contributed by atoms with van der Waals surface area (Å²) in [7, 11) is 3.90. The van der Waals surface area contributed by atoms with Crippen molar-refractivity contribution in [3.05, 3.63) is 40.3 Å². The quantitative estimate of drug-likeness (QED) is 0.199. The standard InChI is InChI=1S/C35H51N5O4/c1-4-23-16-24-18-25(17-23)20-28(19-24)39-26-8-7-9-27(39)22-29(21-26)40-32-11-6-5-10-30(32)36-34(35(40)43)31(12-13-33(41)42)37-44-15-14-38(2)3/h5-6,10-11,23-29H,4,7-9,12-22H2,1-3H3,(H,41,42)/b37-31+/t23-,24-,25+,26-,27+,28+,29+. The van der Waals surface area contributed by atoms with Gasteiger partial charge < -0.3 is 19.4 Å². The van der Waals surface area contributed by atoms with E-state index in [4.69, 9.17) is 9.82 Å². The first-order valence-corrected chi connectivity index (χ1v) is 17.1. The monoisotopic (exact) mass is 605 g/mol. The van der Waals surface area contributed by atoms with Gasteiger partial charge in [0.2, 0.25) is 0 Å². The Hall–Kier alpha value is -2.78. The molecule has 9 heteroatoms. The van der Waals surface area contributed by atoms with Gasteiger partial charge in [0.15, 0.2) is 5.69 Å². The molecule has 0 amide bonds. The second kappa shape index (κ2) is 13.7. The molecule has 2 saturated carbocycles. The van der Waals surface area contributed by atoms with Crippen LogP contribution in [0.3, 0.4) is 0 Å². The van der Waals surface area contributed by atoms with E-state index in [1.54, 1.807) is 0 Å². The maximum absolute atomic E-state index is 14.4. The molecule has 4 aliphatic rings. The van der Waals surface area contributed by atoms with Crippen LogP contribution in [0.2, 0.25) is 0 Å². The number of para-hydroxylation sites is 2. The lowest BCUT2D eigenvalue weighted by Crippen LogP contribution is -2.59. The number of carboxylic acids is 1. The van der Waals surface area contributed by atoms with Gasteiger partial charge >= 0.3 is 5.97 Å². The molecule has 2 saturated heterocycles. The average molecular weight is 606 g/mol. The van der Waals surface area contributed by atoms with Crippen LogP contribution in [0.5, 0.6) is 0 Å². The number of hydrogen-bond acceptors (Lipinski definition) is 7. The minimum Gasteiger partial charge on any atom is -0.481 e. The smallest absolute Gasteiger partial charge is 0.303 e. The minimum atomic E-state index is -0.940. The van der Waals surface area contributed by atoms with Gasteiger partial charge in [-0.1, -0.05) is 37.1 Å². The normalized spacial score (nSPS) is 30.9. The van der Waals surface area contributed by atoms with Crippen LogP contribution in [0, 0.1) is 17.8 Å². The predicted octanol–water partition coefficient (Wildman–Crippen LogP) is 5.71. The van der Waals surface area contributed by atoms with Gasteiger partial charge in [-0.25, -0.2) is 4.98 Å². The molecule has 6 rings (SSSR count). The molecule has 3 heterocycles. The van der Waals surface area contributed by atoms with Gasteiger partial charge in [0.05, 0.1) is 17.5 Å². The van der Waals surface area contributed by atoms with Crippen LogP contribution in [-0.4, -0.2) is 81.5 Å². The Kier molecular flexibility index (Phi) is 9.71. The Morgan fingerprint density at radius 2 is 1.68 bits per heavy atom. The number of carboxylic acid groups (broad SMARTS) is 1. The highest BCUT2D eigenvalue weighted by molar-refractivity contribution is 6.00. The summed E-state index contributed by atoms with van der Waals surface area (Å²) in [4.78, 5) is 41.2. The zero-order valence-corrected chi connectivity index (χ0v) is 26.9. The molecule has 2 aromatic rings. The fraction of sp³-hybridized carbons (Fsp3) is 0.714. The van der Waals surface area contributed by atoms with Gasteiger partial charge in [-0.05, 0) is 102 Å². The third kappa shape index (κ3) is 6.74. The van der Waals surface area contributed by atoms with Crippen molar-refractivity contribution in [2.45, 2.75) is 115 Å². The summed E-state index contributed by atoms with van der Waals surface area (Å²) in [6.07, 6.45) is 13.8. The van der Waals surface area contributed by atoms with Gasteiger partial charge in [-0.15, -0.1) is 0 Å². The van der Waals surface area contributed by atoms with Crippen molar-refractivity contribution in [3.63, 3.8) is 0 Å². The van der Waals surface area contributed by atoms with Crippen molar-refractivity contribution in [2.75, 3.05) is 27.2 Å². The molecule has 0 unspecified atom stereocenters. The first-order chi connectivity index (χ1) is 21.3. The number of fused-ring (bicyclic) bond motifs is 5. The number of benzene rings is 1. The first-order valence-electron chi connectivity index (χ1n) is 17.1. The molecule has 9 nitrogen and oxygen atoms in total. The maximum atomic E-state index is 14.4. The molecule has 4 bridgehead atoms. The fourth-order valence-electron chi connectivity index (χ4n) is 9.21. The molecule has 7 atom stereocenters. The zero-order chi connectivity index (χ0) is 30.8. The molecular formula is C35H51N5O4. The second-order valence-electron chi connectivity index (χ2n) is 14.3. The topological polar surface area (TPSA) is 100 Å². The van der Waals surface area contributed by atoms with E-state index in [-0.39, 0.29) is 30.1 Å². The van der Waals surface area contributed by atoms with Crippen molar-refractivity contribution in [1.82, 2.24) is 19.4 Å². The second-order valence-corrected chi connectivity index (χ2v) is 14.3. The van der Waals surface area contributed by atoms with Crippen molar-refractivity contribution >= 4 is 22.7 Å². The zero-order valence-electron chi connectivity index (χ0n) is 26.9. The summed E-state index contributed by atoms with van der Waals surface area (Å²) in [5.74, 6) is 1.75. The molecule has 1 aromatic heterocycles. The maximum Gasteiger partial charge on any atom is 0.303 e. The van der Waals surface area contributed by atoms with Crippen molar-refractivity contribution in [1.29, 1.82) is 0 Å². The SMILES string of the molecule is CC[C@@H]1C[C@@H]2C[C@H](C1)C[C@@H](N1[C@@H]3CCC[C@H]1C[C@@H](n1c(=O)c(/C(CCC(=O)O)=N/OCCN(C)C)nc4ccccc41)C3)C2. The van der Waals surface area contributed by atoms with E-state index in [1.807, 2.05) is 47.8 Å². The number of aliphatic carboxylic acids is 1. The number of likely N-dealkylation sites (N-methyl/N-ethyl adjacent to an activating group) is 1. The van der Waals surface area contributed by atoms with E-state index in [9.17, 15) is 14.7 Å². The molecule has 4 fully saturated rings. The molecule has 2 aliphatic carbocycles. The number of oxime groups is 1. The average Bonchev–Trinajstić information content (AvgIpc) is 2.99. The Balaban J connectivity index is 1.30. The molecular weight excluding hydrogens is 554 g/mol. The van der Waals surface area contributed by atoms with Gasteiger partial charge in [0.25, 0.3) is 5.56 Å². The number of hydrogen-bond donors (Lipinski definition) is 1. The summed E-state index contributed by atoms with van der Waals surface area (Å²) in [6, 6.07) is 9.61. The Morgan fingerprint density at radius 1 is 0.977 bits per heavy atom. The molecule has 240 valence electrons. The highest BCUT2D eigenvalue weighted by atomic mass is 16.6. The molecule has 2 aliphatic heterocycles. The number of aromatic nitrogens is 2. The van der Waals surface area contributed by atoms with Crippen LogP contribution in [0.1, 0.15) is 102 Å². The van der Waals surface area contributed by atoms with Crippen molar-refractivity contribution < 1.29 is 14.7 Å².